The summed E-state index contributed by atoms with van der Waals surface area (Å²) in [7, 11) is 0. The third kappa shape index (κ3) is 2.80. The van der Waals surface area contributed by atoms with Crippen molar-refractivity contribution in [1.29, 1.82) is 0 Å². The van der Waals surface area contributed by atoms with Crippen LogP contribution in [0.2, 0.25) is 0 Å². The van der Waals surface area contributed by atoms with Gasteiger partial charge in [-0.25, -0.2) is 0 Å². The number of likely N-dealkylation sites (tertiary alicyclic amines) is 1. The summed E-state index contributed by atoms with van der Waals surface area (Å²) in [5.74, 6) is 0.890. The Balaban J connectivity index is 1.87. The van der Waals surface area contributed by atoms with Gasteiger partial charge in [0, 0.05) is 19.6 Å². The molecule has 1 aliphatic heterocycles. The molecule has 2 heteroatoms. The number of benzene rings is 1. The Labute approximate surface area is 92.1 Å². The standard InChI is InChI=1S/C13H20N2/c1-11-8-15(9-11)10-13-4-2-12(3-5-13)6-7-14/h2-5,11H,6-10,14H2,1H3. The molecule has 1 saturated heterocycles. The Morgan fingerprint density at radius 2 is 1.80 bits per heavy atom. The van der Waals surface area contributed by atoms with E-state index < -0.39 is 0 Å². The largest absolute Gasteiger partial charge is 0.330 e. The Hall–Kier alpha value is -0.860. The molecule has 1 aromatic carbocycles. The third-order valence-electron chi connectivity index (χ3n) is 3.00. The maximum atomic E-state index is 5.52. The summed E-state index contributed by atoms with van der Waals surface area (Å²) in [5.41, 5.74) is 8.28. The average Bonchev–Trinajstić information content (AvgIpc) is 2.19. The fourth-order valence-corrected chi connectivity index (χ4v) is 2.19. The normalized spacial score (nSPS) is 17.7. The molecule has 0 aliphatic carbocycles. The second-order valence-corrected chi connectivity index (χ2v) is 4.65. The Morgan fingerprint density at radius 1 is 1.20 bits per heavy atom. The molecule has 0 spiro atoms. The van der Waals surface area contributed by atoms with Gasteiger partial charge in [0.2, 0.25) is 0 Å². The fraction of sp³-hybridized carbons (Fsp3) is 0.538. The Morgan fingerprint density at radius 3 is 2.33 bits per heavy atom. The first-order chi connectivity index (χ1) is 7.28. The first-order valence-electron chi connectivity index (χ1n) is 5.78. The molecule has 0 amide bonds. The van der Waals surface area contributed by atoms with Crippen LogP contribution in [0.5, 0.6) is 0 Å². The van der Waals surface area contributed by atoms with Gasteiger partial charge in [-0.1, -0.05) is 31.2 Å². The minimum absolute atomic E-state index is 0.739. The topological polar surface area (TPSA) is 29.3 Å². The summed E-state index contributed by atoms with van der Waals surface area (Å²) in [4.78, 5) is 2.49. The maximum absolute atomic E-state index is 5.52. The van der Waals surface area contributed by atoms with Gasteiger partial charge in [0.1, 0.15) is 0 Å². The third-order valence-corrected chi connectivity index (χ3v) is 3.00. The van der Waals surface area contributed by atoms with Crippen LogP contribution in [0.25, 0.3) is 0 Å². The van der Waals surface area contributed by atoms with Crippen LogP contribution < -0.4 is 5.73 Å². The van der Waals surface area contributed by atoms with E-state index in [0.29, 0.717) is 0 Å². The number of hydrogen-bond acceptors (Lipinski definition) is 2. The van der Waals surface area contributed by atoms with Crippen LogP contribution in [0.15, 0.2) is 24.3 Å². The van der Waals surface area contributed by atoms with Crippen molar-refractivity contribution in [2.45, 2.75) is 19.9 Å². The van der Waals surface area contributed by atoms with Gasteiger partial charge < -0.3 is 5.73 Å². The molecule has 0 atom stereocenters. The van der Waals surface area contributed by atoms with Gasteiger partial charge in [0.15, 0.2) is 0 Å². The van der Waals surface area contributed by atoms with Gasteiger partial charge in [-0.05, 0) is 30.0 Å². The average molecular weight is 204 g/mol. The van der Waals surface area contributed by atoms with Crippen LogP contribution >= 0.6 is 0 Å². The predicted molar refractivity (Wildman–Crippen MR) is 63.6 cm³/mol. The summed E-state index contributed by atoms with van der Waals surface area (Å²) in [6.07, 6.45) is 0.987. The van der Waals surface area contributed by atoms with E-state index in [1.165, 1.54) is 24.2 Å². The summed E-state index contributed by atoms with van der Waals surface area (Å²) >= 11 is 0. The van der Waals surface area contributed by atoms with Crippen LogP contribution in [0, 0.1) is 5.92 Å². The molecule has 82 valence electrons. The zero-order valence-corrected chi connectivity index (χ0v) is 9.45. The predicted octanol–water partition coefficient (Wildman–Crippen LogP) is 1.64. The van der Waals surface area contributed by atoms with Gasteiger partial charge in [-0.3, -0.25) is 4.90 Å². The van der Waals surface area contributed by atoms with Crippen molar-refractivity contribution in [1.82, 2.24) is 4.90 Å². The van der Waals surface area contributed by atoms with Crippen LogP contribution in [-0.2, 0) is 13.0 Å². The highest BCUT2D eigenvalue weighted by molar-refractivity contribution is 5.22. The van der Waals surface area contributed by atoms with Gasteiger partial charge in [0.05, 0.1) is 0 Å². The highest BCUT2D eigenvalue weighted by atomic mass is 15.2. The van der Waals surface area contributed by atoms with Crippen LogP contribution in [-0.4, -0.2) is 24.5 Å². The van der Waals surface area contributed by atoms with E-state index in [9.17, 15) is 0 Å². The van der Waals surface area contributed by atoms with E-state index in [4.69, 9.17) is 5.73 Å². The highest BCUT2D eigenvalue weighted by Crippen LogP contribution is 2.17. The lowest BCUT2D eigenvalue weighted by Crippen LogP contribution is -2.44. The molecule has 2 nitrogen and oxygen atoms in total. The number of hydrogen-bond donors (Lipinski definition) is 1. The molecule has 1 aromatic rings. The van der Waals surface area contributed by atoms with Crippen LogP contribution in [0.4, 0.5) is 0 Å². The molecule has 0 saturated carbocycles. The Kier molecular flexibility index (Phi) is 3.39. The highest BCUT2D eigenvalue weighted by Gasteiger charge is 2.21. The van der Waals surface area contributed by atoms with E-state index in [-0.39, 0.29) is 0 Å². The number of nitrogens with two attached hydrogens (primary N) is 1. The van der Waals surface area contributed by atoms with Gasteiger partial charge in [-0.2, -0.15) is 0 Å². The summed E-state index contributed by atoms with van der Waals surface area (Å²) < 4.78 is 0. The SMILES string of the molecule is CC1CN(Cc2ccc(CCN)cc2)C1. The lowest BCUT2D eigenvalue weighted by atomic mass is 10.0. The van der Waals surface area contributed by atoms with E-state index in [2.05, 4.69) is 36.1 Å². The molecule has 0 aromatic heterocycles. The molecule has 1 aliphatic rings. The number of rotatable bonds is 4. The molecular formula is C13H20N2. The van der Waals surface area contributed by atoms with Crippen molar-refractivity contribution >= 4 is 0 Å². The molecule has 15 heavy (non-hydrogen) atoms. The molecule has 2 N–H and O–H groups in total. The summed E-state index contributed by atoms with van der Waals surface area (Å²) in [6.45, 7) is 6.66. The van der Waals surface area contributed by atoms with E-state index in [1.54, 1.807) is 0 Å². The van der Waals surface area contributed by atoms with Gasteiger partial charge in [-0.15, -0.1) is 0 Å². The lowest BCUT2D eigenvalue weighted by molar-refractivity contribution is 0.105. The number of nitrogens with zero attached hydrogens (tertiary/aromatic N) is 1. The first kappa shape index (κ1) is 10.7. The van der Waals surface area contributed by atoms with Gasteiger partial charge in [0.25, 0.3) is 0 Å². The molecule has 2 rings (SSSR count). The second-order valence-electron chi connectivity index (χ2n) is 4.65. The summed E-state index contributed by atoms with van der Waals surface area (Å²) in [5, 5.41) is 0. The first-order valence-corrected chi connectivity index (χ1v) is 5.78. The molecule has 0 radical (unpaired) electrons. The minimum Gasteiger partial charge on any atom is -0.330 e. The monoisotopic (exact) mass is 204 g/mol. The molecular weight excluding hydrogens is 184 g/mol. The quantitative estimate of drug-likeness (QED) is 0.808. The Bertz CT molecular complexity index is 299. The van der Waals surface area contributed by atoms with Crippen molar-refractivity contribution in [3.8, 4) is 0 Å². The minimum atomic E-state index is 0.739. The fourth-order valence-electron chi connectivity index (χ4n) is 2.19. The van der Waals surface area contributed by atoms with Crippen LogP contribution in [0.1, 0.15) is 18.1 Å². The van der Waals surface area contributed by atoms with E-state index in [0.717, 1.165) is 25.4 Å². The smallest absolute Gasteiger partial charge is 0.0233 e. The van der Waals surface area contributed by atoms with E-state index in [1.807, 2.05) is 0 Å². The van der Waals surface area contributed by atoms with Gasteiger partial charge >= 0.3 is 0 Å². The van der Waals surface area contributed by atoms with Crippen molar-refractivity contribution in [2.75, 3.05) is 19.6 Å². The maximum Gasteiger partial charge on any atom is 0.0233 e. The van der Waals surface area contributed by atoms with Crippen molar-refractivity contribution < 1.29 is 0 Å². The van der Waals surface area contributed by atoms with Crippen molar-refractivity contribution in [3.05, 3.63) is 35.4 Å². The molecule has 1 heterocycles. The van der Waals surface area contributed by atoms with Crippen molar-refractivity contribution in [2.24, 2.45) is 11.7 Å². The molecule has 0 bridgehead atoms. The van der Waals surface area contributed by atoms with Crippen LogP contribution in [0.3, 0.4) is 0 Å². The second kappa shape index (κ2) is 4.77. The molecule has 0 unspecified atom stereocenters. The lowest BCUT2D eigenvalue weighted by Gasteiger charge is -2.37. The zero-order valence-electron chi connectivity index (χ0n) is 9.45. The zero-order chi connectivity index (χ0) is 10.7. The van der Waals surface area contributed by atoms with E-state index >= 15 is 0 Å². The summed E-state index contributed by atoms with van der Waals surface area (Å²) in [6, 6.07) is 8.86. The molecule has 1 fully saturated rings. The van der Waals surface area contributed by atoms with Crippen molar-refractivity contribution in [3.63, 3.8) is 0 Å².